The summed E-state index contributed by atoms with van der Waals surface area (Å²) in [4.78, 5) is 26.8. The van der Waals surface area contributed by atoms with Crippen molar-refractivity contribution >= 4 is 11.8 Å². The molecule has 3 aromatic rings. The van der Waals surface area contributed by atoms with Gasteiger partial charge in [-0.05, 0) is 72.4 Å². The smallest absolute Gasteiger partial charge is 0.261 e. The molecule has 0 bridgehead atoms. The fraction of sp³-hybridized carbons (Fsp3) is 0.161. The van der Waals surface area contributed by atoms with Crippen molar-refractivity contribution < 1.29 is 19.8 Å². The van der Waals surface area contributed by atoms with E-state index >= 15 is 0 Å². The fourth-order valence-corrected chi connectivity index (χ4v) is 5.00. The summed E-state index contributed by atoms with van der Waals surface area (Å²) in [6, 6.07) is 21.4. The molecule has 5 rings (SSSR count). The molecule has 3 aromatic carbocycles. The topological polar surface area (TPSA) is 77.8 Å². The minimum absolute atomic E-state index is 0.0760. The van der Waals surface area contributed by atoms with Crippen LogP contribution in [-0.4, -0.2) is 33.5 Å². The molecule has 5 nitrogen and oxygen atoms in total. The van der Waals surface area contributed by atoms with Crippen molar-refractivity contribution in [2.75, 3.05) is 6.54 Å². The van der Waals surface area contributed by atoms with E-state index in [9.17, 15) is 19.8 Å². The van der Waals surface area contributed by atoms with Gasteiger partial charge in [-0.1, -0.05) is 66.3 Å². The Morgan fingerprint density at radius 3 is 1.69 bits per heavy atom. The largest absolute Gasteiger partial charge is 0.508 e. The van der Waals surface area contributed by atoms with Crippen molar-refractivity contribution in [2.45, 2.75) is 25.2 Å². The molecule has 2 amide bonds. The van der Waals surface area contributed by atoms with Crippen molar-refractivity contribution in [3.63, 3.8) is 0 Å². The molecule has 1 aliphatic carbocycles. The summed E-state index contributed by atoms with van der Waals surface area (Å²) >= 11 is 0. The van der Waals surface area contributed by atoms with Crippen molar-refractivity contribution in [2.24, 2.45) is 0 Å². The normalized spacial score (nSPS) is 14.2. The lowest BCUT2D eigenvalue weighted by Gasteiger charge is -2.24. The summed E-state index contributed by atoms with van der Waals surface area (Å²) in [7, 11) is 0. The number of hydrogen-bond acceptors (Lipinski definition) is 4. The van der Waals surface area contributed by atoms with Crippen LogP contribution in [0.15, 0.2) is 108 Å². The monoisotopic (exact) mass is 477 g/mol. The molecule has 5 heteroatoms. The van der Waals surface area contributed by atoms with Crippen LogP contribution < -0.4 is 0 Å². The minimum atomic E-state index is -0.220. The fourth-order valence-electron chi connectivity index (χ4n) is 5.00. The molecule has 0 fully saturated rings. The van der Waals surface area contributed by atoms with Gasteiger partial charge in [0.1, 0.15) is 11.5 Å². The molecule has 2 N–H and O–H groups in total. The van der Waals surface area contributed by atoms with Crippen molar-refractivity contribution in [3.8, 4) is 11.5 Å². The predicted octanol–water partition coefficient (Wildman–Crippen LogP) is 6.12. The summed E-state index contributed by atoms with van der Waals surface area (Å²) in [6.45, 7) is 0.379. The molecule has 0 radical (unpaired) electrons. The molecule has 36 heavy (non-hydrogen) atoms. The van der Waals surface area contributed by atoms with Crippen LogP contribution in [0.1, 0.15) is 57.0 Å². The van der Waals surface area contributed by atoms with Crippen molar-refractivity contribution in [1.82, 2.24) is 4.90 Å². The molecule has 1 heterocycles. The SMILES string of the molecule is O=C1c2ccccc2C(=O)N1CCCCC(=C1C=CC=C1)C(c1ccc(O)cc1)c1ccc(O)cc1. The first-order chi connectivity index (χ1) is 17.5. The van der Waals surface area contributed by atoms with Gasteiger partial charge in [0.25, 0.3) is 11.8 Å². The number of phenolic OH excluding ortho intramolecular Hbond substituents is 2. The van der Waals surface area contributed by atoms with E-state index in [2.05, 4.69) is 12.2 Å². The number of carbonyl (C=O) groups is 2. The quantitative estimate of drug-likeness (QED) is 0.303. The standard InChI is InChI=1S/C31H27NO4/c33-24-16-12-22(13-17-24)29(23-14-18-25(34)19-15-23)26(21-7-1-2-8-21)9-5-6-20-32-30(35)27-10-3-4-11-28(27)31(32)36/h1-4,7-8,10-19,29,33-34H,5-6,9,20H2. The second kappa shape index (κ2) is 10.1. The summed E-state index contributed by atoms with van der Waals surface area (Å²) in [6.07, 6.45) is 10.5. The number of aromatic hydroxyl groups is 2. The van der Waals surface area contributed by atoms with Gasteiger partial charge in [0.15, 0.2) is 0 Å². The van der Waals surface area contributed by atoms with Crippen LogP contribution in [0.3, 0.4) is 0 Å². The second-order valence-corrected chi connectivity index (χ2v) is 9.08. The maximum absolute atomic E-state index is 12.7. The number of imide groups is 1. The molecule has 0 spiro atoms. The number of fused-ring (bicyclic) bond motifs is 1. The van der Waals surface area contributed by atoms with Gasteiger partial charge in [-0.2, -0.15) is 0 Å². The van der Waals surface area contributed by atoms with Crippen LogP contribution in [-0.2, 0) is 0 Å². The number of benzene rings is 3. The van der Waals surface area contributed by atoms with Gasteiger partial charge in [0.2, 0.25) is 0 Å². The number of amides is 2. The average Bonchev–Trinajstić information content (AvgIpc) is 3.51. The van der Waals surface area contributed by atoms with E-state index in [1.807, 2.05) is 36.4 Å². The van der Waals surface area contributed by atoms with Gasteiger partial charge in [-0.3, -0.25) is 14.5 Å². The van der Waals surface area contributed by atoms with E-state index in [0.29, 0.717) is 24.1 Å². The summed E-state index contributed by atoms with van der Waals surface area (Å²) in [5, 5.41) is 19.7. The highest BCUT2D eigenvalue weighted by Gasteiger charge is 2.34. The Hall–Kier alpha value is -4.38. The zero-order chi connectivity index (χ0) is 25.1. The zero-order valence-electron chi connectivity index (χ0n) is 19.8. The molecule has 180 valence electrons. The number of nitrogens with zero attached hydrogens (tertiary/aromatic N) is 1. The van der Waals surface area contributed by atoms with Gasteiger partial charge in [0.05, 0.1) is 11.1 Å². The van der Waals surface area contributed by atoms with E-state index in [1.54, 1.807) is 48.5 Å². The first-order valence-electron chi connectivity index (χ1n) is 12.1. The Morgan fingerprint density at radius 1 is 0.694 bits per heavy atom. The summed E-state index contributed by atoms with van der Waals surface area (Å²) < 4.78 is 0. The maximum atomic E-state index is 12.7. The van der Waals surface area contributed by atoms with Gasteiger partial charge in [-0.25, -0.2) is 0 Å². The second-order valence-electron chi connectivity index (χ2n) is 9.08. The van der Waals surface area contributed by atoms with Crippen LogP contribution in [0.4, 0.5) is 0 Å². The van der Waals surface area contributed by atoms with Crippen LogP contribution in [0.25, 0.3) is 0 Å². The van der Waals surface area contributed by atoms with Gasteiger partial charge in [0, 0.05) is 12.5 Å². The Labute approximate surface area is 210 Å². The number of allylic oxidation sites excluding steroid dienone is 6. The lowest BCUT2D eigenvalue weighted by Crippen LogP contribution is -2.30. The first kappa shape index (κ1) is 23.4. The number of hydrogen-bond donors (Lipinski definition) is 2. The molecule has 0 unspecified atom stereocenters. The van der Waals surface area contributed by atoms with E-state index in [4.69, 9.17) is 0 Å². The highest BCUT2D eigenvalue weighted by molar-refractivity contribution is 6.21. The third kappa shape index (κ3) is 4.60. The van der Waals surface area contributed by atoms with Crippen LogP contribution in [0.2, 0.25) is 0 Å². The Kier molecular flexibility index (Phi) is 6.54. The molecular weight excluding hydrogens is 450 g/mol. The van der Waals surface area contributed by atoms with Crippen LogP contribution in [0.5, 0.6) is 11.5 Å². The number of rotatable bonds is 8. The van der Waals surface area contributed by atoms with Crippen molar-refractivity contribution in [3.05, 3.63) is 131 Å². The molecule has 0 saturated carbocycles. The predicted molar refractivity (Wildman–Crippen MR) is 139 cm³/mol. The number of carbonyl (C=O) groups excluding carboxylic acids is 2. The highest BCUT2D eigenvalue weighted by Crippen LogP contribution is 2.39. The Morgan fingerprint density at radius 2 is 1.19 bits per heavy atom. The lowest BCUT2D eigenvalue weighted by molar-refractivity contribution is 0.0651. The summed E-state index contributed by atoms with van der Waals surface area (Å²) in [5.74, 6) is -0.102. The highest BCUT2D eigenvalue weighted by atomic mass is 16.3. The van der Waals surface area contributed by atoms with Crippen molar-refractivity contribution in [1.29, 1.82) is 0 Å². The zero-order valence-corrected chi connectivity index (χ0v) is 19.8. The molecule has 0 saturated heterocycles. The molecule has 2 aliphatic rings. The molecule has 1 aliphatic heterocycles. The molecule has 0 aromatic heterocycles. The average molecular weight is 478 g/mol. The van der Waals surface area contributed by atoms with E-state index < -0.39 is 0 Å². The molecule has 0 atom stereocenters. The third-order valence-corrected chi connectivity index (χ3v) is 6.79. The Bertz CT molecular complexity index is 1290. The summed E-state index contributed by atoms with van der Waals surface area (Å²) in [5.41, 5.74) is 5.36. The van der Waals surface area contributed by atoms with E-state index in [1.165, 1.54) is 10.5 Å². The molecular formula is C31H27NO4. The van der Waals surface area contributed by atoms with E-state index in [0.717, 1.165) is 29.5 Å². The number of unbranched alkanes of at least 4 members (excludes halogenated alkanes) is 1. The lowest BCUT2D eigenvalue weighted by atomic mass is 9.80. The maximum Gasteiger partial charge on any atom is 0.261 e. The van der Waals surface area contributed by atoms with Crippen LogP contribution in [0, 0.1) is 0 Å². The van der Waals surface area contributed by atoms with Gasteiger partial charge >= 0.3 is 0 Å². The van der Waals surface area contributed by atoms with Crippen LogP contribution >= 0.6 is 0 Å². The van der Waals surface area contributed by atoms with Gasteiger partial charge < -0.3 is 10.2 Å². The minimum Gasteiger partial charge on any atom is -0.508 e. The number of phenols is 2. The first-order valence-corrected chi connectivity index (χ1v) is 12.1. The Balaban J connectivity index is 1.38. The van der Waals surface area contributed by atoms with E-state index in [-0.39, 0.29) is 29.2 Å². The van der Waals surface area contributed by atoms with Gasteiger partial charge in [-0.15, -0.1) is 0 Å². The third-order valence-electron chi connectivity index (χ3n) is 6.79.